The molecule has 0 spiro atoms. The van der Waals surface area contributed by atoms with Crippen molar-refractivity contribution in [1.82, 2.24) is 0 Å². The van der Waals surface area contributed by atoms with E-state index in [1.54, 1.807) is 0 Å². The highest BCUT2D eigenvalue weighted by Gasteiger charge is 2.01. The SMILES string of the molecule is CCOC(=O)CCNc1ccccc1C. The third kappa shape index (κ3) is 4.02. The van der Waals surface area contributed by atoms with Crippen LogP contribution >= 0.6 is 0 Å². The minimum Gasteiger partial charge on any atom is -0.466 e. The van der Waals surface area contributed by atoms with E-state index in [0.29, 0.717) is 19.6 Å². The van der Waals surface area contributed by atoms with Gasteiger partial charge in [-0.05, 0) is 25.5 Å². The molecule has 0 bridgehead atoms. The molecule has 15 heavy (non-hydrogen) atoms. The van der Waals surface area contributed by atoms with Gasteiger partial charge >= 0.3 is 5.97 Å². The molecular weight excluding hydrogens is 190 g/mol. The van der Waals surface area contributed by atoms with Crippen LogP contribution in [0.15, 0.2) is 24.3 Å². The number of para-hydroxylation sites is 1. The number of rotatable bonds is 5. The van der Waals surface area contributed by atoms with Gasteiger partial charge in [0, 0.05) is 12.2 Å². The van der Waals surface area contributed by atoms with E-state index in [1.165, 1.54) is 5.56 Å². The molecule has 0 heterocycles. The molecule has 0 saturated heterocycles. The number of hydrogen-bond donors (Lipinski definition) is 1. The summed E-state index contributed by atoms with van der Waals surface area (Å²) in [5, 5.41) is 3.20. The largest absolute Gasteiger partial charge is 0.466 e. The van der Waals surface area contributed by atoms with Crippen molar-refractivity contribution in [3.63, 3.8) is 0 Å². The second-order valence-electron chi connectivity index (χ2n) is 3.30. The lowest BCUT2D eigenvalue weighted by atomic mass is 10.2. The lowest BCUT2D eigenvalue weighted by Crippen LogP contribution is -2.11. The van der Waals surface area contributed by atoms with E-state index >= 15 is 0 Å². The van der Waals surface area contributed by atoms with Crippen molar-refractivity contribution in [2.75, 3.05) is 18.5 Å². The first-order valence-corrected chi connectivity index (χ1v) is 5.19. The summed E-state index contributed by atoms with van der Waals surface area (Å²) >= 11 is 0. The fraction of sp³-hybridized carbons (Fsp3) is 0.417. The maximum absolute atomic E-state index is 11.1. The highest BCUT2D eigenvalue weighted by atomic mass is 16.5. The average Bonchev–Trinajstić information content (AvgIpc) is 2.21. The van der Waals surface area contributed by atoms with Gasteiger partial charge in [-0.3, -0.25) is 4.79 Å². The second kappa shape index (κ2) is 6.06. The Morgan fingerprint density at radius 1 is 1.40 bits per heavy atom. The molecule has 82 valence electrons. The Morgan fingerprint density at radius 3 is 2.80 bits per heavy atom. The minimum atomic E-state index is -0.154. The molecule has 0 fully saturated rings. The summed E-state index contributed by atoms with van der Waals surface area (Å²) in [4.78, 5) is 11.1. The monoisotopic (exact) mass is 207 g/mol. The molecule has 0 aliphatic rings. The Kier molecular flexibility index (Phi) is 4.68. The molecule has 0 amide bonds. The van der Waals surface area contributed by atoms with Crippen molar-refractivity contribution in [3.05, 3.63) is 29.8 Å². The Hall–Kier alpha value is -1.51. The molecule has 1 N–H and O–H groups in total. The van der Waals surface area contributed by atoms with Crippen LogP contribution in [-0.2, 0) is 9.53 Å². The van der Waals surface area contributed by atoms with Gasteiger partial charge in [0.15, 0.2) is 0 Å². The van der Waals surface area contributed by atoms with Crippen LogP contribution in [-0.4, -0.2) is 19.1 Å². The molecule has 0 saturated carbocycles. The fourth-order valence-electron chi connectivity index (χ4n) is 1.30. The van der Waals surface area contributed by atoms with Gasteiger partial charge in [0.2, 0.25) is 0 Å². The van der Waals surface area contributed by atoms with Gasteiger partial charge in [-0.2, -0.15) is 0 Å². The van der Waals surface area contributed by atoms with E-state index in [-0.39, 0.29) is 5.97 Å². The Balaban J connectivity index is 2.32. The van der Waals surface area contributed by atoms with Crippen LogP contribution in [0.4, 0.5) is 5.69 Å². The van der Waals surface area contributed by atoms with E-state index in [2.05, 4.69) is 5.32 Å². The van der Waals surface area contributed by atoms with Gasteiger partial charge in [-0.15, -0.1) is 0 Å². The standard InChI is InChI=1S/C12H17NO2/c1-3-15-12(14)8-9-13-11-7-5-4-6-10(11)2/h4-7,13H,3,8-9H2,1-2H3. The van der Waals surface area contributed by atoms with E-state index < -0.39 is 0 Å². The van der Waals surface area contributed by atoms with Gasteiger partial charge in [-0.1, -0.05) is 18.2 Å². The molecule has 0 aliphatic heterocycles. The number of carbonyl (C=O) groups is 1. The molecular formula is C12H17NO2. The lowest BCUT2D eigenvalue weighted by Gasteiger charge is -2.08. The van der Waals surface area contributed by atoms with E-state index in [0.717, 1.165) is 5.69 Å². The van der Waals surface area contributed by atoms with Crippen LogP contribution in [0.25, 0.3) is 0 Å². The molecule has 0 atom stereocenters. The summed E-state index contributed by atoms with van der Waals surface area (Å²) in [6.07, 6.45) is 0.405. The normalized spacial score (nSPS) is 9.73. The maximum Gasteiger partial charge on any atom is 0.307 e. The molecule has 1 rings (SSSR count). The van der Waals surface area contributed by atoms with Gasteiger partial charge in [0.25, 0.3) is 0 Å². The van der Waals surface area contributed by atoms with Gasteiger partial charge < -0.3 is 10.1 Å². The first-order chi connectivity index (χ1) is 7.24. The first-order valence-electron chi connectivity index (χ1n) is 5.19. The second-order valence-corrected chi connectivity index (χ2v) is 3.30. The fourth-order valence-corrected chi connectivity index (χ4v) is 1.30. The predicted octanol–water partition coefficient (Wildman–Crippen LogP) is 2.36. The van der Waals surface area contributed by atoms with Crippen molar-refractivity contribution < 1.29 is 9.53 Å². The van der Waals surface area contributed by atoms with Crippen molar-refractivity contribution in [2.24, 2.45) is 0 Å². The zero-order chi connectivity index (χ0) is 11.1. The van der Waals surface area contributed by atoms with Crippen LogP contribution < -0.4 is 5.32 Å². The number of benzene rings is 1. The number of hydrogen-bond acceptors (Lipinski definition) is 3. The van der Waals surface area contributed by atoms with E-state index in [9.17, 15) is 4.79 Å². The Bertz CT molecular complexity index is 323. The molecule has 0 radical (unpaired) electrons. The molecule has 1 aromatic carbocycles. The van der Waals surface area contributed by atoms with Crippen LogP contribution in [0.5, 0.6) is 0 Å². The molecule has 3 nitrogen and oxygen atoms in total. The smallest absolute Gasteiger partial charge is 0.307 e. The summed E-state index contributed by atoms with van der Waals surface area (Å²) < 4.78 is 4.83. The maximum atomic E-state index is 11.1. The molecule has 0 unspecified atom stereocenters. The molecule has 1 aromatic rings. The minimum absolute atomic E-state index is 0.154. The number of aryl methyl sites for hydroxylation is 1. The summed E-state index contributed by atoms with van der Waals surface area (Å²) in [6, 6.07) is 8.00. The average molecular weight is 207 g/mol. The molecule has 3 heteroatoms. The van der Waals surface area contributed by atoms with Crippen molar-refractivity contribution in [1.29, 1.82) is 0 Å². The summed E-state index contributed by atoms with van der Waals surface area (Å²) in [6.45, 7) is 4.91. The summed E-state index contributed by atoms with van der Waals surface area (Å²) in [5.41, 5.74) is 2.25. The van der Waals surface area contributed by atoms with Gasteiger partial charge in [0.1, 0.15) is 0 Å². The van der Waals surface area contributed by atoms with Crippen LogP contribution in [0.1, 0.15) is 18.9 Å². The highest BCUT2D eigenvalue weighted by molar-refractivity contribution is 5.70. The van der Waals surface area contributed by atoms with Crippen molar-refractivity contribution in [3.8, 4) is 0 Å². The number of anilines is 1. The predicted molar refractivity (Wildman–Crippen MR) is 60.9 cm³/mol. The number of esters is 1. The summed E-state index contributed by atoms with van der Waals surface area (Å²) in [7, 11) is 0. The van der Waals surface area contributed by atoms with Gasteiger partial charge in [0.05, 0.1) is 13.0 Å². The zero-order valence-corrected chi connectivity index (χ0v) is 9.25. The third-order valence-corrected chi connectivity index (χ3v) is 2.09. The molecule has 0 aliphatic carbocycles. The van der Waals surface area contributed by atoms with Gasteiger partial charge in [-0.25, -0.2) is 0 Å². The van der Waals surface area contributed by atoms with Crippen molar-refractivity contribution >= 4 is 11.7 Å². The first kappa shape index (κ1) is 11.6. The molecule has 0 aromatic heterocycles. The van der Waals surface area contributed by atoms with E-state index in [4.69, 9.17) is 4.74 Å². The third-order valence-electron chi connectivity index (χ3n) is 2.09. The quantitative estimate of drug-likeness (QED) is 0.753. The van der Waals surface area contributed by atoms with Crippen LogP contribution in [0.2, 0.25) is 0 Å². The van der Waals surface area contributed by atoms with Crippen molar-refractivity contribution in [2.45, 2.75) is 20.3 Å². The van der Waals surface area contributed by atoms with Crippen LogP contribution in [0, 0.1) is 6.92 Å². The zero-order valence-electron chi connectivity index (χ0n) is 9.25. The Morgan fingerprint density at radius 2 is 2.13 bits per heavy atom. The number of nitrogens with one attached hydrogen (secondary N) is 1. The number of carbonyl (C=O) groups excluding carboxylic acids is 1. The lowest BCUT2D eigenvalue weighted by molar-refractivity contribution is -0.142. The van der Waals surface area contributed by atoms with E-state index in [1.807, 2.05) is 38.1 Å². The Labute approximate surface area is 90.4 Å². The number of ether oxygens (including phenoxy) is 1. The highest BCUT2D eigenvalue weighted by Crippen LogP contribution is 2.12. The topological polar surface area (TPSA) is 38.3 Å². The van der Waals surface area contributed by atoms with Crippen LogP contribution in [0.3, 0.4) is 0 Å². The summed E-state index contributed by atoms with van der Waals surface area (Å²) in [5.74, 6) is -0.154.